The number of aliphatic carboxylic acids is 1. The summed E-state index contributed by atoms with van der Waals surface area (Å²) in [5, 5.41) is 21.9. The van der Waals surface area contributed by atoms with Crippen LogP contribution in [-0.4, -0.2) is 51.3 Å². The smallest absolute Gasteiger partial charge is 0.317 e. The molecule has 18 heavy (non-hydrogen) atoms. The number of hydrogen-bond acceptors (Lipinski definition) is 6. The highest BCUT2D eigenvalue weighted by Gasteiger charge is 2.34. The third-order valence-electron chi connectivity index (χ3n) is 3.23. The van der Waals surface area contributed by atoms with Gasteiger partial charge in [0.15, 0.2) is 0 Å². The Morgan fingerprint density at radius 3 is 2.78 bits per heavy atom. The Morgan fingerprint density at radius 1 is 1.56 bits per heavy atom. The summed E-state index contributed by atoms with van der Waals surface area (Å²) in [6.45, 7) is 4.84. The van der Waals surface area contributed by atoms with Crippen molar-refractivity contribution in [1.82, 2.24) is 15.1 Å². The van der Waals surface area contributed by atoms with Gasteiger partial charge < -0.3 is 10.4 Å². The number of anilines is 1. The molecule has 0 amide bonds. The van der Waals surface area contributed by atoms with E-state index in [0.717, 1.165) is 29.5 Å². The van der Waals surface area contributed by atoms with Gasteiger partial charge in [-0.05, 0) is 26.3 Å². The first-order valence-electron chi connectivity index (χ1n) is 6.11. The molecule has 2 N–H and O–H groups in total. The van der Waals surface area contributed by atoms with Gasteiger partial charge in [0.05, 0.1) is 6.54 Å². The molecular weight excluding hydrogens is 252 g/mol. The Balaban J connectivity index is 1.77. The standard InChI is InChI=1S/C11H18N4O2S/c1-3-15(6-10(16)17)9-4-8(5-9)12-11-14-13-7(2)18-11/h8-9H,3-6H2,1-2H3,(H,12,14)(H,16,17). The second-order valence-corrected chi connectivity index (χ2v) is 5.73. The van der Waals surface area contributed by atoms with Crippen molar-refractivity contribution in [2.75, 3.05) is 18.4 Å². The average molecular weight is 270 g/mol. The molecule has 100 valence electrons. The number of carboxylic acids is 1. The quantitative estimate of drug-likeness (QED) is 0.808. The van der Waals surface area contributed by atoms with E-state index in [0.29, 0.717) is 12.1 Å². The molecule has 0 unspecified atom stereocenters. The SMILES string of the molecule is CCN(CC(=O)O)C1CC(Nc2nnc(C)s2)C1. The zero-order valence-electron chi connectivity index (χ0n) is 10.6. The van der Waals surface area contributed by atoms with Gasteiger partial charge in [0, 0.05) is 12.1 Å². The maximum atomic E-state index is 10.7. The Morgan fingerprint density at radius 2 is 2.28 bits per heavy atom. The minimum atomic E-state index is -0.756. The van der Waals surface area contributed by atoms with Crippen molar-refractivity contribution in [3.8, 4) is 0 Å². The summed E-state index contributed by atoms with van der Waals surface area (Å²) in [4.78, 5) is 12.7. The van der Waals surface area contributed by atoms with Crippen LogP contribution < -0.4 is 5.32 Å². The number of aryl methyl sites for hydroxylation is 1. The van der Waals surface area contributed by atoms with Crippen LogP contribution in [0.1, 0.15) is 24.8 Å². The molecular formula is C11H18N4O2S. The van der Waals surface area contributed by atoms with E-state index in [2.05, 4.69) is 15.5 Å². The van der Waals surface area contributed by atoms with E-state index in [4.69, 9.17) is 5.11 Å². The largest absolute Gasteiger partial charge is 0.480 e. The van der Waals surface area contributed by atoms with Crippen LogP contribution in [0.5, 0.6) is 0 Å². The predicted molar refractivity (Wildman–Crippen MR) is 70.0 cm³/mol. The topological polar surface area (TPSA) is 78.4 Å². The lowest BCUT2D eigenvalue weighted by molar-refractivity contribution is -0.139. The van der Waals surface area contributed by atoms with Crippen molar-refractivity contribution in [2.45, 2.75) is 38.8 Å². The number of nitrogens with one attached hydrogen (secondary N) is 1. The molecule has 0 radical (unpaired) electrons. The van der Waals surface area contributed by atoms with Gasteiger partial charge in [0.25, 0.3) is 0 Å². The van der Waals surface area contributed by atoms with Gasteiger partial charge >= 0.3 is 5.97 Å². The minimum absolute atomic E-state index is 0.131. The van der Waals surface area contributed by atoms with Crippen LogP contribution in [0, 0.1) is 6.92 Å². The van der Waals surface area contributed by atoms with Gasteiger partial charge in [0.1, 0.15) is 5.01 Å². The molecule has 0 aromatic carbocycles. The van der Waals surface area contributed by atoms with E-state index in [1.165, 1.54) is 0 Å². The van der Waals surface area contributed by atoms with E-state index in [-0.39, 0.29) is 6.54 Å². The van der Waals surface area contributed by atoms with Crippen LogP contribution in [0.25, 0.3) is 0 Å². The lowest BCUT2D eigenvalue weighted by atomic mass is 9.85. The summed E-state index contributed by atoms with van der Waals surface area (Å²) in [5.41, 5.74) is 0. The second kappa shape index (κ2) is 5.62. The average Bonchev–Trinajstić information content (AvgIpc) is 2.66. The van der Waals surface area contributed by atoms with Crippen molar-refractivity contribution in [3.63, 3.8) is 0 Å². The first-order chi connectivity index (χ1) is 8.58. The van der Waals surface area contributed by atoms with Gasteiger partial charge in [-0.2, -0.15) is 0 Å². The first-order valence-corrected chi connectivity index (χ1v) is 6.92. The zero-order chi connectivity index (χ0) is 13.1. The Hall–Kier alpha value is -1.21. The number of rotatable bonds is 6. The molecule has 1 heterocycles. The summed E-state index contributed by atoms with van der Waals surface area (Å²) in [7, 11) is 0. The van der Waals surface area contributed by atoms with Gasteiger partial charge in [-0.1, -0.05) is 18.3 Å². The zero-order valence-corrected chi connectivity index (χ0v) is 11.4. The van der Waals surface area contributed by atoms with Crippen molar-refractivity contribution < 1.29 is 9.90 Å². The molecule has 0 bridgehead atoms. The van der Waals surface area contributed by atoms with Crippen LogP contribution in [0.4, 0.5) is 5.13 Å². The second-order valence-electron chi connectivity index (χ2n) is 4.55. The van der Waals surface area contributed by atoms with E-state index >= 15 is 0 Å². The van der Waals surface area contributed by atoms with Gasteiger partial charge in [-0.3, -0.25) is 9.69 Å². The van der Waals surface area contributed by atoms with Crippen molar-refractivity contribution >= 4 is 22.4 Å². The molecule has 2 rings (SSSR count). The summed E-state index contributed by atoms with van der Waals surface area (Å²) in [6.07, 6.45) is 1.94. The predicted octanol–water partition coefficient (Wildman–Crippen LogP) is 1.20. The fraction of sp³-hybridized carbons (Fsp3) is 0.727. The molecule has 6 nitrogen and oxygen atoms in total. The van der Waals surface area contributed by atoms with Crippen molar-refractivity contribution in [2.24, 2.45) is 0 Å². The first kappa shape index (κ1) is 13.2. The summed E-state index contributed by atoms with van der Waals surface area (Å²) >= 11 is 1.55. The molecule has 0 atom stereocenters. The lowest BCUT2D eigenvalue weighted by Crippen LogP contribution is -2.51. The maximum absolute atomic E-state index is 10.7. The van der Waals surface area contributed by atoms with Crippen molar-refractivity contribution in [1.29, 1.82) is 0 Å². The van der Waals surface area contributed by atoms with Gasteiger partial charge in [-0.25, -0.2) is 0 Å². The highest BCUT2D eigenvalue weighted by Crippen LogP contribution is 2.29. The fourth-order valence-electron chi connectivity index (χ4n) is 2.21. The third kappa shape index (κ3) is 3.17. The van der Waals surface area contributed by atoms with Gasteiger partial charge in [0.2, 0.25) is 5.13 Å². The number of aromatic nitrogens is 2. The number of hydrogen-bond donors (Lipinski definition) is 2. The summed E-state index contributed by atoms with van der Waals surface area (Å²) < 4.78 is 0. The van der Waals surface area contributed by atoms with Crippen LogP contribution >= 0.6 is 11.3 Å². The highest BCUT2D eigenvalue weighted by molar-refractivity contribution is 7.15. The van der Waals surface area contributed by atoms with E-state index in [1.54, 1.807) is 11.3 Å². The highest BCUT2D eigenvalue weighted by atomic mass is 32.1. The molecule has 0 saturated heterocycles. The molecule has 1 aliphatic carbocycles. The Bertz CT molecular complexity index is 417. The normalized spacial score (nSPS) is 22.8. The minimum Gasteiger partial charge on any atom is -0.480 e. The monoisotopic (exact) mass is 270 g/mol. The molecule has 0 aliphatic heterocycles. The molecule has 1 aromatic heterocycles. The van der Waals surface area contributed by atoms with E-state index in [1.807, 2.05) is 18.7 Å². The number of carbonyl (C=O) groups is 1. The fourth-order valence-corrected chi connectivity index (χ4v) is 2.87. The summed E-state index contributed by atoms with van der Waals surface area (Å²) in [6, 6.07) is 0.766. The van der Waals surface area contributed by atoms with Crippen LogP contribution in [-0.2, 0) is 4.79 Å². The van der Waals surface area contributed by atoms with Crippen LogP contribution in [0.15, 0.2) is 0 Å². The molecule has 1 fully saturated rings. The molecule has 7 heteroatoms. The Labute approximate surface area is 110 Å². The number of nitrogens with zero attached hydrogens (tertiary/aromatic N) is 3. The molecule has 1 aromatic rings. The van der Waals surface area contributed by atoms with Crippen molar-refractivity contribution in [3.05, 3.63) is 5.01 Å². The molecule has 1 aliphatic rings. The lowest BCUT2D eigenvalue weighted by Gasteiger charge is -2.42. The van der Waals surface area contributed by atoms with Crippen LogP contribution in [0.2, 0.25) is 0 Å². The van der Waals surface area contributed by atoms with Crippen LogP contribution in [0.3, 0.4) is 0 Å². The molecule has 0 spiro atoms. The number of likely N-dealkylation sites (N-methyl/N-ethyl adjacent to an activating group) is 1. The number of carboxylic acid groups (broad SMARTS) is 1. The summed E-state index contributed by atoms with van der Waals surface area (Å²) in [5.74, 6) is -0.756. The Kier molecular flexibility index (Phi) is 4.13. The van der Waals surface area contributed by atoms with E-state index < -0.39 is 5.97 Å². The maximum Gasteiger partial charge on any atom is 0.317 e. The van der Waals surface area contributed by atoms with E-state index in [9.17, 15) is 4.79 Å². The molecule has 1 saturated carbocycles. The third-order valence-corrected chi connectivity index (χ3v) is 4.00. The van der Waals surface area contributed by atoms with Gasteiger partial charge in [-0.15, -0.1) is 10.2 Å².